The standard InChI is InChI=1S/C14H27ClN2O/c1-14(2,3)17-10-7-12(8-11-17)16-13(18)6-4-5-9-15/h12H,4-11H2,1-3H3,(H,16,18). The summed E-state index contributed by atoms with van der Waals surface area (Å²) in [6, 6.07) is 0.368. The first-order valence-corrected chi connectivity index (χ1v) is 7.57. The lowest BCUT2D eigenvalue weighted by Gasteiger charge is -2.41. The Morgan fingerprint density at radius 1 is 1.28 bits per heavy atom. The summed E-state index contributed by atoms with van der Waals surface area (Å²) in [5, 5.41) is 3.14. The van der Waals surface area contributed by atoms with E-state index >= 15 is 0 Å². The van der Waals surface area contributed by atoms with Gasteiger partial charge in [0.15, 0.2) is 0 Å². The molecule has 1 amide bonds. The van der Waals surface area contributed by atoms with Gasteiger partial charge in [-0.15, -0.1) is 11.6 Å². The third kappa shape index (κ3) is 5.57. The fourth-order valence-corrected chi connectivity index (χ4v) is 2.56. The van der Waals surface area contributed by atoms with Gasteiger partial charge in [-0.25, -0.2) is 0 Å². The van der Waals surface area contributed by atoms with Gasteiger partial charge in [-0.1, -0.05) is 0 Å². The van der Waals surface area contributed by atoms with Crippen molar-refractivity contribution in [2.75, 3.05) is 19.0 Å². The number of likely N-dealkylation sites (tertiary alicyclic amines) is 1. The van der Waals surface area contributed by atoms with Gasteiger partial charge in [-0.05, 0) is 46.5 Å². The van der Waals surface area contributed by atoms with Gasteiger partial charge >= 0.3 is 0 Å². The second-order valence-corrected chi connectivity index (χ2v) is 6.52. The predicted molar refractivity (Wildman–Crippen MR) is 77.1 cm³/mol. The van der Waals surface area contributed by atoms with Crippen LogP contribution in [0, 0.1) is 0 Å². The number of hydrogen-bond acceptors (Lipinski definition) is 2. The number of rotatable bonds is 5. The van der Waals surface area contributed by atoms with Gasteiger partial charge in [0.1, 0.15) is 0 Å². The van der Waals surface area contributed by atoms with Crippen LogP contribution >= 0.6 is 11.6 Å². The molecule has 18 heavy (non-hydrogen) atoms. The highest BCUT2D eigenvalue weighted by atomic mass is 35.5. The van der Waals surface area contributed by atoms with E-state index in [1.54, 1.807) is 0 Å². The number of unbranched alkanes of at least 4 members (excludes halogenated alkanes) is 1. The Hall–Kier alpha value is -0.280. The topological polar surface area (TPSA) is 32.3 Å². The molecule has 1 saturated heterocycles. The largest absolute Gasteiger partial charge is 0.353 e. The number of carbonyl (C=O) groups excluding carboxylic acids is 1. The minimum atomic E-state index is 0.189. The Balaban J connectivity index is 2.21. The summed E-state index contributed by atoms with van der Waals surface area (Å²) >= 11 is 5.60. The molecule has 4 heteroatoms. The van der Waals surface area contributed by atoms with Gasteiger partial charge in [0, 0.05) is 37.0 Å². The van der Waals surface area contributed by atoms with Gasteiger partial charge in [-0.3, -0.25) is 9.69 Å². The van der Waals surface area contributed by atoms with Crippen LogP contribution in [0.3, 0.4) is 0 Å². The fraction of sp³-hybridized carbons (Fsp3) is 0.929. The molecule has 0 aromatic heterocycles. The van der Waals surface area contributed by atoms with Crippen molar-refractivity contribution in [2.45, 2.75) is 64.5 Å². The van der Waals surface area contributed by atoms with E-state index in [2.05, 4.69) is 31.0 Å². The first-order valence-electron chi connectivity index (χ1n) is 7.04. The molecule has 106 valence electrons. The Bertz CT molecular complexity index is 255. The van der Waals surface area contributed by atoms with E-state index in [9.17, 15) is 4.79 Å². The third-order valence-electron chi connectivity index (χ3n) is 3.60. The van der Waals surface area contributed by atoms with Gasteiger partial charge < -0.3 is 5.32 Å². The van der Waals surface area contributed by atoms with Crippen LogP contribution in [-0.4, -0.2) is 41.4 Å². The Labute approximate surface area is 116 Å². The van der Waals surface area contributed by atoms with E-state index in [1.807, 2.05) is 0 Å². The number of nitrogens with one attached hydrogen (secondary N) is 1. The minimum absolute atomic E-state index is 0.189. The number of carbonyl (C=O) groups is 1. The number of amides is 1. The van der Waals surface area contributed by atoms with Crippen LogP contribution < -0.4 is 5.32 Å². The molecule has 0 aromatic carbocycles. The summed E-state index contributed by atoms with van der Waals surface area (Å²) < 4.78 is 0. The van der Waals surface area contributed by atoms with Crippen molar-refractivity contribution in [2.24, 2.45) is 0 Å². The van der Waals surface area contributed by atoms with Crippen LogP contribution in [0.5, 0.6) is 0 Å². The molecule has 0 bridgehead atoms. The molecule has 0 aliphatic carbocycles. The fourth-order valence-electron chi connectivity index (χ4n) is 2.37. The highest BCUT2D eigenvalue weighted by molar-refractivity contribution is 6.17. The van der Waals surface area contributed by atoms with E-state index in [0.29, 0.717) is 18.3 Å². The van der Waals surface area contributed by atoms with E-state index in [1.165, 1.54) is 0 Å². The van der Waals surface area contributed by atoms with Crippen LogP contribution in [0.4, 0.5) is 0 Å². The smallest absolute Gasteiger partial charge is 0.220 e. The molecular formula is C14H27ClN2O. The van der Waals surface area contributed by atoms with Crippen molar-refractivity contribution >= 4 is 17.5 Å². The molecule has 1 fully saturated rings. The van der Waals surface area contributed by atoms with E-state index in [-0.39, 0.29) is 11.4 Å². The van der Waals surface area contributed by atoms with Crippen LogP contribution in [0.15, 0.2) is 0 Å². The van der Waals surface area contributed by atoms with E-state index in [4.69, 9.17) is 11.6 Å². The lowest BCUT2D eigenvalue weighted by Crippen LogP contribution is -2.50. The normalized spacial score (nSPS) is 18.9. The maximum atomic E-state index is 11.7. The number of nitrogens with zero attached hydrogens (tertiary/aromatic N) is 1. The molecule has 0 atom stereocenters. The van der Waals surface area contributed by atoms with Crippen molar-refractivity contribution < 1.29 is 4.79 Å². The molecular weight excluding hydrogens is 248 g/mol. The molecule has 1 aliphatic heterocycles. The summed E-state index contributed by atoms with van der Waals surface area (Å²) in [5.41, 5.74) is 0.245. The molecule has 1 N–H and O–H groups in total. The third-order valence-corrected chi connectivity index (χ3v) is 3.86. The molecule has 1 heterocycles. The minimum Gasteiger partial charge on any atom is -0.353 e. The predicted octanol–water partition coefficient (Wildman–Crippen LogP) is 2.77. The number of piperidine rings is 1. The SMILES string of the molecule is CC(C)(C)N1CCC(NC(=O)CCCCCl)CC1. The van der Waals surface area contributed by atoms with Gasteiger partial charge in [0.25, 0.3) is 0 Å². The molecule has 0 unspecified atom stereocenters. The molecule has 0 aromatic rings. The quantitative estimate of drug-likeness (QED) is 0.618. The van der Waals surface area contributed by atoms with Crippen LogP contribution in [-0.2, 0) is 4.79 Å². The summed E-state index contributed by atoms with van der Waals surface area (Å²) in [6.07, 6.45) is 4.58. The second kappa shape index (κ2) is 7.34. The van der Waals surface area contributed by atoms with Crippen LogP contribution in [0.2, 0.25) is 0 Å². The van der Waals surface area contributed by atoms with Gasteiger partial charge in [0.2, 0.25) is 5.91 Å². The molecule has 0 spiro atoms. The number of halogens is 1. The Morgan fingerprint density at radius 2 is 1.89 bits per heavy atom. The van der Waals surface area contributed by atoms with Crippen molar-refractivity contribution in [3.05, 3.63) is 0 Å². The Kier molecular flexibility index (Phi) is 6.44. The summed E-state index contributed by atoms with van der Waals surface area (Å²) in [7, 11) is 0. The van der Waals surface area contributed by atoms with Crippen molar-refractivity contribution in [3.8, 4) is 0 Å². The summed E-state index contributed by atoms with van der Waals surface area (Å²) in [4.78, 5) is 14.2. The zero-order valence-corrected chi connectivity index (χ0v) is 12.7. The van der Waals surface area contributed by atoms with Gasteiger partial charge in [-0.2, -0.15) is 0 Å². The number of hydrogen-bond donors (Lipinski definition) is 1. The van der Waals surface area contributed by atoms with Crippen molar-refractivity contribution in [1.29, 1.82) is 0 Å². The molecule has 0 saturated carbocycles. The average molecular weight is 275 g/mol. The number of alkyl halides is 1. The Morgan fingerprint density at radius 3 is 2.39 bits per heavy atom. The maximum absolute atomic E-state index is 11.7. The molecule has 0 radical (unpaired) electrons. The zero-order chi connectivity index (χ0) is 13.6. The highest BCUT2D eigenvalue weighted by Gasteiger charge is 2.27. The average Bonchev–Trinajstić information content (AvgIpc) is 2.29. The van der Waals surface area contributed by atoms with E-state index < -0.39 is 0 Å². The zero-order valence-electron chi connectivity index (χ0n) is 12.0. The highest BCUT2D eigenvalue weighted by Crippen LogP contribution is 2.20. The summed E-state index contributed by atoms with van der Waals surface area (Å²) in [5.74, 6) is 0.839. The lowest BCUT2D eigenvalue weighted by atomic mass is 9.98. The van der Waals surface area contributed by atoms with E-state index in [0.717, 1.165) is 38.8 Å². The van der Waals surface area contributed by atoms with Crippen molar-refractivity contribution in [1.82, 2.24) is 10.2 Å². The first-order chi connectivity index (χ1) is 8.43. The maximum Gasteiger partial charge on any atom is 0.220 e. The van der Waals surface area contributed by atoms with Gasteiger partial charge in [0.05, 0.1) is 0 Å². The lowest BCUT2D eigenvalue weighted by molar-refractivity contribution is -0.122. The second-order valence-electron chi connectivity index (χ2n) is 6.15. The van der Waals surface area contributed by atoms with Crippen LogP contribution in [0.25, 0.3) is 0 Å². The van der Waals surface area contributed by atoms with Crippen molar-refractivity contribution in [3.63, 3.8) is 0 Å². The first kappa shape index (κ1) is 15.8. The molecule has 1 rings (SSSR count). The van der Waals surface area contributed by atoms with Crippen LogP contribution in [0.1, 0.15) is 52.9 Å². The molecule has 1 aliphatic rings. The monoisotopic (exact) mass is 274 g/mol. The molecule has 3 nitrogen and oxygen atoms in total. The summed E-state index contributed by atoms with van der Waals surface area (Å²) in [6.45, 7) is 8.90.